The third kappa shape index (κ3) is 2.13. The molecule has 0 saturated carbocycles. The summed E-state index contributed by atoms with van der Waals surface area (Å²) in [5.74, 6) is -0.852. The van der Waals surface area contributed by atoms with Crippen LogP contribution in [-0.4, -0.2) is 20.6 Å². The van der Waals surface area contributed by atoms with Crippen molar-refractivity contribution in [2.24, 2.45) is 7.05 Å². The Bertz CT molecular complexity index is 758. The van der Waals surface area contributed by atoms with Crippen molar-refractivity contribution in [3.05, 3.63) is 41.5 Å². The van der Waals surface area contributed by atoms with E-state index in [1.807, 2.05) is 30.8 Å². The molecule has 0 amide bonds. The van der Waals surface area contributed by atoms with Crippen molar-refractivity contribution in [2.45, 2.75) is 6.42 Å². The van der Waals surface area contributed by atoms with E-state index in [-0.39, 0.29) is 6.42 Å². The summed E-state index contributed by atoms with van der Waals surface area (Å²) in [5.41, 5.74) is 2.81. The number of nitrogens with zero attached hydrogens (tertiary/aromatic N) is 2. The van der Waals surface area contributed by atoms with Gasteiger partial charge >= 0.3 is 5.97 Å². The van der Waals surface area contributed by atoms with Gasteiger partial charge in [-0.3, -0.25) is 4.79 Å². The molecule has 2 heterocycles. The molecule has 0 aliphatic heterocycles. The summed E-state index contributed by atoms with van der Waals surface area (Å²) in [4.78, 5) is 15.1. The van der Waals surface area contributed by atoms with E-state index >= 15 is 0 Å². The molecule has 2 aromatic heterocycles. The Morgan fingerprint density at radius 3 is 3.00 bits per heavy atom. The van der Waals surface area contributed by atoms with Crippen LogP contribution >= 0.6 is 11.3 Å². The highest BCUT2D eigenvalue weighted by Gasteiger charge is 2.12. The number of carboxylic acid groups (broad SMARTS) is 1. The number of hydrogen-bond donors (Lipinski definition) is 1. The lowest BCUT2D eigenvalue weighted by Crippen LogP contribution is -1.99. The largest absolute Gasteiger partial charge is 0.481 e. The molecule has 0 unspecified atom stereocenters. The van der Waals surface area contributed by atoms with Gasteiger partial charge in [-0.25, -0.2) is 4.98 Å². The van der Waals surface area contributed by atoms with Crippen molar-refractivity contribution in [2.75, 3.05) is 0 Å². The van der Waals surface area contributed by atoms with E-state index in [0.717, 1.165) is 21.5 Å². The summed E-state index contributed by atoms with van der Waals surface area (Å²) >= 11 is 1.49. The minimum atomic E-state index is -0.852. The quantitative estimate of drug-likeness (QED) is 0.797. The number of aliphatic carboxylic acids is 1. The Labute approximate surface area is 113 Å². The van der Waals surface area contributed by atoms with Crippen LogP contribution in [0.5, 0.6) is 0 Å². The highest BCUT2D eigenvalue weighted by molar-refractivity contribution is 7.13. The topological polar surface area (TPSA) is 55.1 Å². The van der Waals surface area contributed by atoms with Crippen LogP contribution in [0.15, 0.2) is 35.8 Å². The minimum Gasteiger partial charge on any atom is -0.481 e. The first kappa shape index (κ1) is 11.9. The molecular formula is C14H12N2O2S. The molecule has 1 N–H and O–H groups in total. The van der Waals surface area contributed by atoms with E-state index in [1.54, 1.807) is 0 Å². The van der Waals surface area contributed by atoms with Crippen LogP contribution in [0, 0.1) is 0 Å². The number of hydrogen-bond acceptors (Lipinski definition) is 3. The van der Waals surface area contributed by atoms with E-state index in [4.69, 9.17) is 5.11 Å². The van der Waals surface area contributed by atoms with Gasteiger partial charge < -0.3 is 9.67 Å². The highest BCUT2D eigenvalue weighted by atomic mass is 32.1. The minimum absolute atomic E-state index is 0.0265. The number of aromatic nitrogens is 2. The van der Waals surface area contributed by atoms with Crippen LogP contribution in [0.25, 0.3) is 21.5 Å². The SMILES string of the molecule is Cn1cc(-c2nc(CC(=O)O)cs2)c2ccccc21. The monoisotopic (exact) mass is 272 g/mol. The van der Waals surface area contributed by atoms with Crippen molar-refractivity contribution in [1.29, 1.82) is 0 Å². The standard InChI is InChI=1S/C14H12N2O2S/c1-16-7-11(10-4-2-3-5-12(10)16)14-15-9(8-19-14)6-13(17)18/h2-5,7-8H,6H2,1H3,(H,17,18). The lowest BCUT2D eigenvalue weighted by atomic mass is 10.2. The third-order valence-electron chi connectivity index (χ3n) is 3.01. The van der Waals surface area contributed by atoms with Crippen LogP contribution in [-0.2, 0) is 18.3 Å². The molecule has 3 rings (SSSR count). The molecule has 96 valence electrons. The first-order chi connectivity index (χ1) is 9.15. The number of fused-ring (bicyclic) bond motifs is 1. The molecule has 5 heteroatoms. The molecule has 0 spiro atoms. The fourth-order valence-electron chi connectivity index (χ4n) is 2.18. The van der Waals surface area contributed by atoms with Gasteiger partial charge in [0.05, 0.1) is 12.1 Å². The van der Waals surface area contributed by atoms with Gasteiger partial charge in [-0.15, -0.1) is 11.3 Å². The molecule has 0 aliphatic rings. The fourth-order valence-corrected chi connectivity index (χ4v) is 3.02. The molecule has 1 aromatic carbocycles. The average molecular weight is 272 g/mol. The number of benzene rings is 1. The van der Waals surface area contributed by atoms with Gasteiger partial charge in [0.2, 0.25) is 0 Å². The van der Waals surface area contributed by atoms with Crippen molar-refractivity contribution in [3.8, 4) is 10.6 Å². The summed E-state index contributed by atoms with van der Waals surface area (Å²) in [6, 6.07) is 8.12. The van der Waals surface area contributed by atoms with E-state index < -0.39 is 5.97 Å². The third-order valence-corrected chi connectivity index (χ3v) is 3.94. The maximum atomic E-state index is 10.7. The number of aryl methyl sites for hydroxylation is 1. The molecule has 0 aliphatic carbocycles. The van der Waals surface area contributed by atoms with Crippen molar-refractivity contribution >= 4 is 28.2 Å². The highest BCUT2D eigenvalue weighted by Crippen LogP contribution is 2.32. The summed E-state index contributed by atoms with van der Waals surface area (Å²) < 4.78 is 2.06. The van der Waals surface area contributed by atoms with Gasteiger partial charge in [-0.2, -0.15) is 0 Å². The lowest BCUT2D eigenvalue weighted by molar-refractivity contribution is -0.136. The number of carbonyl (C=O) groups is 1. The number of para-hydroxylation sites is 1. The maximum absolute atomic E-state index is 10.7. The number of carboxylic acids is 1. The van der Waals surface area contributed by atoms with Crippen molar-refractivity contribution in [3.63, 3.8) is 0 Å². The molecule has 4 nitrogen and oxygen atoms in total. The predicted molar refractivity (Wildman–Crippen MR) is 75.4 cm³/mol. The number of thiazole rings is 1. The second-order valence-corrected chi connectivity index (χ2v) is 5.24. The first-order valence-electron chi connectivity index (χ1n) is 5.86. The smallest absolute Gasteiger partial charge is 0.309 e. The Morgan fingerprint density at radius 1 is 1.42 bits per heavy atom. The van der Waals surface area contributed by atoms with Crippen LogP contribution in [0.3, 0.4) is 0 Å². The Hall–Kier alpha value is -2.14. The van der Waals surface area contributed by atoms with E-state index in [9.17, 15) is 4.79 Å². The second kappa shape index (κ2) is 4.51. The van der Waals surface area contributed by atoms with E-state index in [0.29, 0.717) is 5.69 Å². The zero-order chi connectivity index (χ0) is 13.4. The molecular weight excluding hydrogens is 260 g/mol. The van der Waals surface area contributed by atoms with Gasteiger partial charge in [0, 0.05) is 35.1 Å². The normalized spacial score (nSPS) is 11.0. The van der Waals surface area contributed by atoms with Crippen LogP contribution in [0.4, 0.5) is 0 Å². The van der Waals surface area contributed by atoms with E-state index in [2.05, 4.69) is 21.7 Å². The average Bonchev–Trinajstić information content (AvgIpc) is 2.95. The number of rotatable bonds is 3. The van der Waals surface area contributed by atoms with Gasteiger partial charge in [-0.05, 0) is 6.07 Å². The zero-order valence-corrected chi connectivity index (χ0v) is 11.1. The first-order valence-corrected chi connectivity index (χ1v) is 6.74. The molecule has 0 bridgehead atoms. The molecule has 0 radical (unpaired) electrons. The molecule has 19 heavy (non-hydrogen) atoms. The maximum Gasteiger partial charge on any atom is 0.309 e. The Kier molecular flexibility index (Phi) is 2.83. The Morgan fingerprint density at radius 2 is 2.21 bits per heavy atom. The summed E-state index contributed by atoms with van der Waals surface area (Å²) in [5, 5.41) is 12.6. The molecule has 0 fully saturated rings. The lowest BCUT2D eigenvalue weighted by Gasteiger charge is -1.94. The second-order valence-electron chi connectivity index (χ2n) is 4.39. The van der Waals surface area contributed by atoms with E-state index in [1.165, 1.54) is 11.3 Å². The zero-order valence-electron chi connectivity index (χ0n) is 10.3. The van der Waals surface area contributed by atoms with Crippen molar-refractivity contribution < 1.29 is 9.90 Å². The molecule has 3 aromatic rings. The predicted octanol–water partition coefficient (Wildman–Crippen LogP) is 2.93. The Balaban J connectivity index is 2.09. The molecule has 0 atom stereocenters. The van der Waals surface area contributed by atoms with Gasteiger partial charge in [0.1, 0.15) is 5.01 Å². The summed E-state index contributed by atoms with van der Waals surface area (Å²) in [6.45, 7) is 0. The van der Waals surface area contributed by atoms with Crippen LogP contribution in [0.1, 0.15) is 5.69 Å². The van der Waals surface area contributed by atoms with Gasteiger partial charge in [-0.1, -0.05) is 18.2 Å². The summed E-state index contributed by atoms with van der Waals surface area (Å²) in [7, 11) is 2.00. The van der Waals surface area contributed by atoms with Gasteiger partial charge in [0.25, 0.3) is 0 Å². The molecule has 0 saturated heterocycles. The fraction of sp³-hybridized carbons (Fsp3) is 0.143. The van der Waals surface area contributed by atoms with Crippen LogP contribution in [0.2, 0.25) is 0 Å². The van der Waals surface area contributed by atoms with Crippen molar-refractivity contribution in [1.82, 2.24) is 9.55 Å². The van der Waals surface area contributed by atoms with Crippen LogP contribution < -0.4 is 0 Å². The van der Waals surface area contributed by atoms with Gasteiger partial charge in [0.15, 0.2) is 0 Å². The summed E-state index contributed by atoms with van der Waals surface area (Å²) in [6.07, 6.45) is 2.01.